The first-order chi connectivity index (χ1) is 9.65. The van der Waals surface area contributed by atoms with Crippen LogP contribution in [0.4, 0.5) is 8.78 Å². The van der Waals surface area contributed by atoms with Crippen LogP contribution in [0.25, 0.3) is 0 Å². The highest BCUT2D eigenvalue weighted by atomic mass is 19.1. The van der Waals surface area contributed by atoms with E-state index in [0.29, 0.717) is 24.2 Å². The number of fused-ring (bicyclic) bond motifs is 1. The lowest BCUT2D eigenvalue weighted by Crippen LogP contribution is -2.44. The quantitative estimate of drug-likeness (QED) is 0.893. The Morgan fingerprint density at radius 1 is 1.15 bits per heavy atom. The molecule has 0 spiro atoms. The van der Waals surface area contributed by atoms with Crippen LogP contribution >= 0.6 is 0 Å². The maximum Gasteiger partial charge on any atom is 0.187 e. The van der Waals surface area contributed by atoms with Crippen LogP contribution < -0.4 is 5.32 Å². The van der Waals surface area contributed by atoms with E-state index in [1.165, 1.54) is 37.9 Å². The molecule has 110 valence electrons. The molecule has 1 aromatic rings. The predicted octanol–water partition coefficient (Wildman–Crippen LogP) is 2.39. The lowest BCUT2D eigenvalue weighted by Gasteiger charge is -2.32. The van der Waals surface area contributed by atoms with Gasteiger partial charge in [-0.1, -0.05) is 6.42 Å². The van der Waals surface area contributed by atoms with Crippen LogP contribution in [0.3, 0.4) is 0 Å². The number of aromatic hydroxyl groups is 1. The normalized spacial score (nSPS) is 26.7. The van der Waals surface area contributed by atoms with E-state index in [4.69, 9.17) is 5.11 Å². The van der Waals surface area contributed by atoms with Gasteiger partial charge >= 0.3 is 0 Å². The molecule has 2 aliphatic rings. The van der Waals surface area contributed by atoms with E-state index in [0.717, 1.165) is 13.0 Å². The van der Waals surface area contributed by atoms with E-state index in [1.54, 1.807) is 0 Å². The van der Waals surface area contributed by atoms with Gasteiger partial charge in [-0.3, -0.25) is 4.90 Å². The molecule has 3 rings (SSSR count). The molecule has 2 N–H and O–H groups in total. The lowest BCUT2D eigenvalue weighted by atomic mass is 9.99. The summed E-state index contributed by atoms with van der Waals surface area (Å²) in [6.45, 7) is 2.72. The Morgan fingerprint density at radius 3 is 2.65 bits per heavy atom. The van der Waals surface area contributed by atoms with Gasteiger partial charge in [0.05, 0.1) is 0 Å². The van der Waals surface area contributed by atoms with E-state index in [-0.39, 0.29) is 0 Å². The van der Waals surface area contributed by atoms with Crippen molar-refractivity contribution in [2.24, 2.45) is 0 Å². The molecule has 2 saturated heterocycles. The van der Waals surface area contributed by atoms with Crippen LogP contribution in [-0.2, 0) is 6.54 Å². The summed E-state index contributed by atoms with van der Waals surface area (Å²) in [5.41, 5.74) is 0.534. The zero-order chi connectivity index (χ0) is 14.1. The van der Waals surface area contributed by atoms with Gasteiger partial charge in [0.2, 0.25) is 0 Å². The van der Waals surface area contributed by atoms with Crippen molar-refractivity contribution in [2.75, 3.05) is 13.1 Å². The number of rotatable bonds is 3. The van der Waals surface area contributed by atoms with Gasteiger partial charge in [-0.2, -0.15) is 0 Å². The maximum atomic E-state index is 13.3. The molecule has 2 fully saturated rings. The number of halogens is 2. The first-order valence-electron chi connectivity index (χ1n) is 7.29. The number of benzene rings is 1. The van der Waals surface area contributed by atoms with E-state index in [1.807, 2.05) is 0 Å². The van der Waals surface area contributed by atoms with Crippen LogP contribution in [0.2, 0.25) is 0 Å². The number of hydrogen-bond acceptors (Lipinski definition) is 3. The van der Waals surface area contributed by atoms with Crippen molar-refractivity contribution in [1.29, 1.82) is 0 Å². The van der Waals surface area contributed by atoms with Gasteiger partial charge in [0.25, 0.3) is 0 Å². The summed E-state index contributed by atoms with van der Waals surface area (Å²) in [4.78, 5) is 2.51. The molecule has 0 aromatic heterocycles. The van der Waals surface area contributed by atoms with Crippen molar-refractivity contribution in [3.63, 3.8) is 0 Å². The zero-order valence-electron chi connectivity index (χ0n) is 11.4. The van der Waals surface area contributed by atoms with Crippen LogP contribution in [0.15, 0.2) is 12.1 Å². The van der Waals surface area contributed by atoms with Crippen molar-refractivity contribution in [1.82, 2.24) is 10.2 Å². The minimum Gasteiger partial charge on any atom is -0.503 e. The molecular formula is C15H20F2N2O. The molecule has 20 heavy (non-hydrogen) atoms. The molecule has 3 nitrogen and oxygen atoms in total. The monoisotopic (exact) mass is 282 g/mol. The van der Waals surface area contributed by atoms with Gasteiger partial charge in [0, 0.05) is 25.2 Å². The molecule has 0 radical (unpaired) electrons. The van der Waals surface area contributed by atoms with Crippen LogP contribution in [-0.4, -0.2) is 35.2 Å². The summed E-state index contributed by atoms with van der Waals surface area (Å²) in [7, 11) is 0. The highest BCUT2D eigenvalue weighted by Crippen LogP contribution is 2.27. The fourth-order valence-electron chi connectivity index (χ4n) is 3.45. The third-order valence-corrected chi connectivity index (χ3v) is 4.50. The van der Waals surface area contributed by atoms with Gasteiger partial charge in [-0.25, -0.2) is 8.78 Å². The third kappa shape index (κ3) is 2.65. The van der Waals surface area contributed by atoms with Gasteiger partial charge in [-0.15, -0.1) is 0 Å². The number of phenolic OH excluding ortho intramolecular Hbond substituents is 1. The molecule has 0 aliphatic carbocycles. The summed E-state index contributed by atoms with van der Waals surface area (Å²) in [5, 5.41) is 12.5. The summed E-state index contributed by atoms with van der Waals surface area (Å²) >= 11 is 0. The average molecular weight is 282 g/mol. The first kappa shape index (κ1) is 13.8. The Morgan fingerprint density at radius 2 is 1.90 bits per heavy atom. The maximum absolute atomic E-state index is 13.3. The molecule has 0 saturated carbocycles. The summed E-state index contributed by atoms with van der Waals surface area (Å²) in [5.74, 6) is -2.69. The highest BCUT2D eigenvalue weighted by Gasteiger charge is 2.34. The predicted molar refractivity (Wildman–Crippen MR) is 72.5 cm³/mol. The van der Waals surface area contributed by atoms with E-state index in [2.05, 4.69) is 10.2 Å². The molecule has 2 unspecified atom stereocenters. The van der Waals surface area contributed by atoms with Gasteiger partial charge < -0.3 is 10.4 Å². The molecule has 2 aliphatic heterocycles. The van der Waals surface area contributed by atoms with E-state index in [9.17, 15) is 8.78 Å². The molecule has 5 heteroatoms. The Bertz CT molecular complexity index is 472. The highest BCUT2D eigenvalue weighted by molar-refractivity contribution is 5.30. The van der Waals surface area contributed by atoms with E-state index < -0.39 is 17.4 Å². The Kier molecular flexibility index (Phi) is 3.89. The lowest BCUT2D eigenvalue weighted by molar-refractivity contribution is 0.180. The second-order valence-electron chi connectivity index (χ2n) is 5.78. The first-order valence-corrected chi connectivity index (χ1v) is 7.29. The Labute approximate surface area is 117 Å². The van der Waals surface area contributed by atoms with Crippen molar-refractivity contribution in [3.05, 3.63) is 29.3 Å². The second-order valence-corrected chi connectivity index (χ2v) is 5.78. The minimum atomic E-state index is -0.896. The summed E-state index contributed by atoms with van der Waals surface area (Å²) in [6.07, 6.45) is 4.84. The van der Waals surface area contributed by atoms with Gasteiger partial charge in [0.15, 0.2) is 17.4 Å². The van der Waals surface area contributed by atoms with Crippen LogP contribution in [0.1, 0.15) is 31.2 Å². The van der Waals surface area contributed by atoms with Crippen molar-refractivity contribution >= 4 is 0 Å². The molecule has 0 amide bonds. The van der Waals surface area contributed by atoms with Crippen molar-refractivity contribution in [2.45, 2.75) is 44.3 Å². The van der Waals surface area contributed by atoms with E-state index >= 15 is 0 Å². The third-order valence-electron chi connectivity index (χ3n) is 4.50. The summed E-state index contributed by atoms with van der Waals surface area (Å²) in [6, 6.07) is 3.35. The van der Waals surface area contributed by atoms with Crippen molar-refractivity contribution in [3.8, 4) is 5.75 Å². The minimum absolute atomic E-state index is 0.398. The molecule has 0 bridgehead atoms. The van der Waals surface area contributed by atoms with Gasteiger partial charge in [-0.05, 0) is 43.5 Å². The van der Waals surface area contributed by atoms with Crippen molar-refractivity contribution < 1.29 is 13.9 Å². The fraction of sp³-hybridized carbons (Fsp3) is 0.600. The summed E-state index contributed by atoms with van der Waals surface area (Å²) < 4.78 is 26.6. The average Bonchev–Trinajstić information content (AvgIpc) is 2.85. The SMILES string of the molecule is Oc1c(F)cc(CNC2CCN3CCCCC23)cc1F. The Balaban J connectivity index is 1.62. The largest absolute Gasteiger partial charge is 0.503 e. The smallest absolute Gasteiger partial charge is 0.187 e. The number of phenols is 1. The molecular weight excluding hydrogens is 262 g/mol. The molecule has 2 heterocycles. The fourth-order valence-corrected chi connectivity index (χ4v) is 3.45. The second kappa shape index (κ2) is 5.66. The number of piperidine rings is 1. The molecule has 2 atom stereocenters. The Hall–Kier alpha value is -1.20. The number of hydrogen-bond donors (Lipinski definition) is 2. The van der Waals surface area contributed by atoms with Gasteiger partial charge in [0.1, 0.15) is 0 Å². The number of nitrogens with one attached hydrogen (secondary N) is 1. The van der Waals surface area contributed by atoms with Crippen LogP contribution in [0.5, 0.6) is 5.75 Å². The zero-order valence-corrected chi connectivity index (χ0v) is 11.4. The molecule has 1 aromatic carbocycles. The standard InChI is InChI=1S/C15H20F2N2O/c16-11-7-10(8-12(17)15(11)20)9-18-13-4-6-19-5-2-1-3-14(13)19/h7-8,13-14,18,20H,1-6,9H2. The number of nitrogens with zero attached hydrogens (tertiary/aromatic N) is 1. The van der Waals surface area contributed by atoms with Crippen LogP contribution in [0, 0.1) is 11.6 Å². The topological polar surface area (TPSA) is 35.5 Å².